The van der Waals surface area contributed by atoms with Crippen LogP contribution in [0, 0.1) is 6.92 Å². The highest BCUT2D eigenvalue weighted by atomic mass is 16.2. The molecule has 2 amide bonds. The molecule has 2 rings (SSSR count). The largest absolute Gasteiger partial charge is 0.348 e. The van der Waals surface area contributed by atoms with E-state index in [0.29, 0.717) is 13.0 Å². The average molecular weight is 288 g/mol. The van der Waals surface area contributed by atoms with Crippen molar-refractivity contribution in [2.24, 2.45) is 0 Å². The molecule has 114 valence electrons. The van der Waals surface area contributed by atoms with Gasteiger partial charge in [0.15, 0.2) is 0 Å². The zero-order chi connectivity index (χ0) is 15.2. The number of benzene rings is 1. The van der Waals surface area contributed by atoms with Gasteiger partial charge in [0.25, 0.3) is 0 Å². The molecule has 4 nitrogen and oxygen atoms in total. The van der Waals surface area contributed by atoms with E-state index < -0.39 is 0 Å². The Labute approximate surface area is 126 Å². The smallest absolute Gasteiger partial charge is 0.240 e. The molecule has 1 atom stereocenters. The van der Waals surface area contributed by atoms with Crippen molar-refractivity contribution in [1.82, 2.24) is 10.2 Å². The molecule has 1 fully saturated rings. The number of aryl methyl sites for hydroxylation is 1. The fourth-order valence-corrected chi connectivity index (χ4v) is 2.60. The van der Waals surface area contributed by atoms with E-state index in [0.717, 1.165) is 24.8 Å². The maximum Gasteiger partial charge on any atom is 0.240 e. The van der Waals surface area contributed by atoms with Crippen LogP contribution in [0.1, 0.15) is 49.8 Å². The fourth-order valence-electron chi connectivity index (χ4n) is 2.60. The number of hydrogen-bond donors (Lipinski definition) is 1. The van der Waals surface area contributed by atoms with Gasteiger partial charge in [-0.25, -0.2) is 0 Å². The van der Waals surface area contributed by atoms with Gasteiger partial charge in [0.05, 0.1) is 12.6 Å². The lowest BCUT2D eigenvalue weighted by Crippen LogP contribution is -2.41. The zero-order valence-electron chi connectivity index (χ0n) is 12.9. The normalized spacial score (nSPS) is 17.2. The van der Waals surface area contributed by atoms with Gasteiger partial charge in [0.1, 0.15) is 0 Å². The van der Waals surface area contributed by atoms with E-state index in [4.69, 9.17) is 0 Å². The maximum atomic E-state index is 12.1. The Hall–Kier alpha value is -1.84. The van der Waals surface area contributed by atoms with Gasteiger partial charge < -0.3 is 10.2 Å². The van der Waals surface area contributed by atoms with Crippen molar-refractivity contribution in [3.05, 3.63) is 35.4 Å². The first-order valence-corrected chi connectivity index (χ1v) is 7.70. The van der Waals surface area contributed by atoms with Gasteiger partial charge in [0, 0.05) is 13.0 Å². The third-order valence-electron chi connectivity index (χ3n) is 3.96. The van der Waals surface area contributed by atoms with Gasteiger partial charge >= 0.3 is 0 Å². The Kier molecular flexibility index (Phi) is 5.37. The molecule has 1 N–H and O–H groups in total. The Balaban J connectivity index is 1.88. The molecule has 0 saturated carbocycles. The van der Waals surface area contributed by atoms with Crippen molar-refractivity contribution in [3.8, 4) is 0 Å². The number of hydrogen-bond acceptors (Lipinski definition) is 2. The van der Waals surface area contributed by atoms with E-state index >= 15 is 0 Å². The average Bonchev–Trinajstić information content (AvgIpc) is 2.65. The van der Waals surface area contributed by atoms with Crippen molar-refractivity contribution >= 4 is 11.8 Å². The molecular formula is C17H24N2O2. The molecule has 1 aromatic carbocycles. The predicted octanol–water partition coefficient (Wildman–Crippen LogP) is 2.57. The van der Waals surface area contributed by atoms with Crippen LogP contribution in [0.4, 0.5) is 0 Å². The SMILES string of the molecule is Cc1ccc(C(C)NC(=O)CN2CCCCCC2=O)cc1. The lowest BCUT2D eigenvalue weighted by molar-refractivity contribution is -0.135. The molecule has 4 heteroatoms. The first-order chi connectivity index (χ1) is 10.1. The number of likely N-dealkylation sites (tertiary alicyclic amines) is 1. The van der Waals surface area contributed by atoms with Crippen LogP contribution >= 0.6 is 0 Å². The molecule has 0 bridgehead atoms. The summed E-state index contributed by atoms with van der Waals surface area (Å²) < 4.78 is 0. The Bertz CT molecular complexity index is 496. The van der Waals surface area contributed by atoms with Gasteiger partial charge in [-0.05, 0) is 32.3 Å². The molecule has 1 saturated heterocycles. The summed E-state index contributed by atoms with van der Waals surface area (Å²) >= 11 is 0. The second-order valence-corrected chi connectivity index (χ2v) is 5.83. The molecule has 0 aromatic heterocycles. The molecule has 1 unspecified atom stereocenters. The lowest BCUT2D eigenvalue weighted by atomic mass is 10.1. The lowest BCUT2D eigenvalue weighted by Gasteiger charge is -2.21. The highest BCUT2D eigenvalue weighted by Crippen LogP contribution is 2.14. The summed E-state index contributed by atoms with van der Waals surface area (Å²) in [7, 11) is 0. The summed E-state index contributed by atoms with van der Waals surface area (Å²) in [6.45, 7) is 4.88. The van der Waals surface area contributed by atoms with Crippen LogP contribution in [0.15, 0.2) is 24.3 Å². The van der Waals surface area contributed by atoms with Crippen molar-refractivity contribution in [2.45, 2.75) is 45.6 Å². The summed E-state index contributed by atoms with van der Waals surface area (Å²) in [5, 5.41) is 2.97. The van der Waals surface area contributed by atoms with E-state index in [-0.39, 0.29) is 24.4 Å². The van der Waals surface area contributed by atoms with Gasteiger partial charge in [-0.2, -0.15) is 0 Å². The number of rotatable bonds is 4. The van der Waals surface area contributed by atoms with Gasteiger partial charge in [0.2, 0.25) is 11.8 Å². The fraction of sp³-hybridized carbons (Fsp3) is 0.529. The Morgan fingerprint density at radius 1 is 1.24 bits per heavy atom. The Morgan fingerprint density at radius 3 is 2.67 bits per heavy atom. The molecule has 0 aliphatic carbocycles. The van der Waals surface area contributed by atoms with Crippen LogP contribution in [0.2, 0.25) is 0 Å². The summed E-state index contributed by atoms with van der Waals surface area (Å²) in [6, 6.07) is 8.08. The second kappa shape index (κ2) is 7.25. The minimum Gasteiger partial charge on any atom is -0.348 e. The predicted molar refractivity (Wildman–Crippen MR) is 82.8 cm³/mol. The maximum absolute atomic E-state index is 12.1. The van der Waals surface area contributed by atoms with Crippen molar-refractivity contribution in [1.29, 1.82) is 0 Å². The molecule has 0 radical (unpaired) electrons. The highest BCUT2D eigenvalue weighted by Gasteiger charge is 2.20. The Morgan fingerprint density at radius 2 is 1.95 bits per heavy atom. The second-order valence-electron chi connectivity index (χ2n) is 5.83. The first kappa shape index (κ1) is 15.5. The topological polar surface area (TPSA) is 49.4 Å². The van der Waals surface area contributed by atoms with Crippen LogP contribution in [0.3, 0.4) is 0 Å². The zero-order valence-corrected chi connectivity index (χ0v) is 12.9. The number of nitrogens with one attached hydrogen (secondary N) is 1. The van der Waals surface area contributed by atoms with E-state index in [9.17, 15) is 9.59 Å². The third-order valence-corrected chi connectivity index (χ3v) is 3.96. The van der Waals surface area contributed by atoms with Crippen molar-refractivity contribution in [3.63, 3.8) is 0 Å². The number of carbonyl (C=O) groups is 2. The quantitative estimate of drug-likeness (QED) is 0.925. The van der Waals surface area contributed by atoms with E-state index in [1.807, 2.05) is 38.1 Å². The molecule has 0 spiro atoms. The van der Waals surface area contributed by atoms with Crippen LogP contribution in [-0.2, 0) is 9.59 Å². The molecular weight excluding hydrogens is 264 g/mol. The summed E-state index contributed by atoms with van der Waals surface area (Å²) in [5.41, 5.74) is 2.28. The number of amides is 2. The number of carbonyl (C=O) groups excluding carboxylic acids is 2. The third kappa shape index (κ3) is 4.59. The first-order valence-electron chi connectivity index (χ1n) is 7.70. The molecule has 1 aromatic rings. The van der Waals surface area contributed by atoms with Crippen molar-refractivity contribution in [2.75, 3.05) is 13.1 Å². The molecule has 1 aliphatic heterocycles. The van der Waals surface area contributed by atoms with Crippen LogP contribution in [0.25, 0.3) is 0 Å². The minimum absolute atomic E-state index is 0.0415. The van der Waals surface area contributed by atoms with E-state index in [1.54, 1.807) is 4.90 Å². The van der Waals surface area contributed by atoms with Crippen LogP contribution in [0.5, 0.6) is 0 Å². The summed E-state index contributed by atoms with van der Waals surface area (Å²) in [4.78, 5) is 25.7. The number of nitrogens with zero attached hydrogens (tertiary/aromatic N) is 1. The van der Waals surface area contributed by atoms with Gasteiger partial charge in [-0.3, -0.25) is 9.59 Å². The van der Waals surface area contributed by atoms with Crippen LogP contribution < -0.4 is 5.32 Å². The standard InChI is InChI=1S/C17H24N2O2/c1-13-7-9-15(10-8-13)14(2)18-16(20)12-19-11-5-3-4-6-17(19)21/h7-10,14H,3-6,11-12H2,1-2H3,(H,18,20). The van der Waals surface area contributed by atoms with E-state index in [2.05, 4.69) is 5.32 Å². The summed E-state index contributed by atoms with van der Waals surface area (Å²) in [5.74, 6) is 0.0176. The highest BCUT2D eigenvalue weighted by molar-refractivity contribution is 5.85. The monoisotopic (exact) mass is 288 g/mol. The van der Waals surface area contributed by atoms with Crippen molar-refractivity contribution < 1.29 is 9.59 Å². The van der Waals surface area contributed by atoms with Crippen LogP contribution in [-0.4, -0.2) is 29.8 Å². The minimum atomic E-state index is -0.0849. The summed E-state index contributed by atoms with van der Waals surface area (Å²) in [6.07, 6.45) is 3.58. The molecule has 1 aliphatic rings. The van der Waals surface area contributed by atoms with Gasteiger partial charge in [-0.1, -0.05) is 36.2 Å². The van der Waals surface area contributed by atoms with E-state index in [1.165, 1.54) is 5.56 Å². The van der Waals surface area contributed by atoms with Gasteiger partial charge in [-0.15, -0.1) is 0 Å². The molecule has 1 heterocycles. The molecule has 21 heavy (non-hydrogen) atoms.